The van der Waals surface area contributed by atoms with Gasteiger partial charge >= 0.3 is 20.2 Å². The summed E-state index contributed by atoms with van der Waals surface area (Å²) in [6.45, 7) is 0. The fraction of sp³-hybridized carbons (Fsp3) is 0.0769. The van der Waals surface area contributed by atoms with Crippen LogP contribution in [0.3, 0.4) is 0 Å². The van der Waals surface area contributed by atoms with Crippen molar-refractivity contribution in [2.24, 2.45) is 0 Å². The van der Waals surface area contributed by atoms with Crippen LogP contribution in [0.25, 0.3) is 0 Å². The Morgan fingerprint density at radius 2 is 0.963 bits per heavy atom. The molecule has 0 saturated heterocycles. The zero-order valence-electron chi connectivity index (χ0n) is 13.1. The second-order valence-corrected chi connectivity index (χ2v) is 8.41. The Bertz CT molecular complexity index is 974. The summed E-state index contributed by atoms with van der Waals surface area (Å²) in [7, 11) is -9.32. The van der Waals surface area contributed by atoms with Crippen LogP contribution in [0.4, 0.5) is 11.4 Å². The molecule has 0 amide bonds. The minimum absolute atomic E-state index is 0.311. The monoisotopic (exact) mass is 418 g/mol. The van der Waals surface area contributed by atoms with E-state index in [4.69, 9.17) is 0 Å². The minimum Gasteiger partial charge on any atom is -0.382 e. The Hall–Kier alpha value is -3.26. The number of benzene rings is 2. The maximum absolute atomic E-state index is 11.9. The highest BCUT2D eigenvalue weighted by Gasteiger charge is 2.26. The van der Waals surface area contributed by atoms with Crippen molar-refractivity contribution in [1.29, 1.82) is 0 Å². The van der Waals surface area contributed by atoms with E-state index in [9.17, 15) is 37.1 Å². The third-order valence-corrected chi connectivity index (χ3v) is 6.03. The number of nitrogens with zero attached hydrogens (tertiary/aromatic N) is 2. The van der Waals surface area contributed by atoms with Gasteiger partial charge in [0, 0.05) is 24.3 Å². The van der Waals surface area contributed by atoms with E-state index in [1.165, 1.54) is 0 Å². The molecule has 27 heavy (non-hydrogen) atoms. The molecule has 0 aromatic heterocycles. The van der Waals surface area contributed by atoms with Crippen LogP contribution in [0.15, 0.2) is 48.5 Å². The van der Waals surface area contributed by atoms with Gasteiger partial charge in [-0.05, 0) is 24.3 Å². The van der Waals surface area contributed by atoms with Gasteiger partial charge in [0.25, 0.3) is 11.4 Å². The average Bonchev–Trinajstić information content (AvgIpc) is 2.53. The van der Waals surface area contributed by atoms with E-state index in [1.807, 2.05) is 0 Å². The molecule has 144 valence electrons. The van der Waals surface area contributed by atoms with Crippen LogP contribution < -0.4 is 8.37 Å². The van der Waals surface area contributed by atoms with E-state index >= 15 is 0 Å². The number of non-ortho nitro benzene ring substituents is 2. The summed E-state index contributed by atoms with van der Waals surface area (Å²) >= 11 is 0. The van der Waals surface area contributed by atoms with Gasteiger partial charge in [0.15, 0.2) is 0 Å². The first-order chi connectivity index (χ1) is 12.5. The molecule has 2 aromatic carbocycles. The summed E-state index contributed by atoms with van der Waals surface area (Å²) < 4.78 is 56.6. The van der Waals surface area contributed by atoms with Crippen LogP contribution in [-0.2, 0) is 20.2 Å². The third-order valence-electron chi connectivity index (χ3n) is 2.83. The standard InChI is InChI=1S/C13H10N2O10S2/c16-14(17)10-1-5-12(6-2-10)24-26(20,21)9-27(22,23)25-13-7-3-11(4-8-13)15(18)19/h1-8H,9H2. The van der Waals surface area contributed by atoms with Crippen LogP contribution in [0.1, 0.15) is 0 Å². The van der Waals surface area contributed by atoms with Gasteiger partial charge in [-0.2, -0.15) is 16.8 Å². The fourth-order valence-corrected chi connectivity index (χ4v) is 4.37. The molecule has 2 rings (SSSR count). The van der Waals surface area contributed by atoms with Crippen molar-refractivity contribution >= 4 is 31.6 Å². The fourth-order valence-electron chi connectivity index (χ4n) is 1.76. The van der Waals surface area contributed by atoms with Crippen molar-refractivity contribution in [1.82, 2.24) is 0 Å². The molecule has 0 aliphatic carbocycles. The Morgan fingerprint density at radius 3 is 1.22 bits per heavy atom. The average molecular weight is 418 g/mol. The lowest BCUT2D eigenvalue weighted by molar-refractivity contribution is -0.385. The van der Waals surface area contributed by atoms with Crippen molar-refractivity contribution < 1.29 is 35.0 Å². The lowest BCUT2D eigenvalue weighted by atomic mass is 10.3. The highest BCUT2D eigenvalue weighted by Crippen LogP contribution is 2.21. The molecule has 0 spiro atoms. The predicted octanol–water partition coefficient (Wildman–Crippen LogP) is 1.58. The predicted molar refractivity (Wildman–Crippen MR) is 90.2 cm³/mol. The molecule has 0 unspecified atom stereocenters. The van der Waals surface area contributed by atoms with Crippen LogP contribution in [-0.4, -0.2) is 31.8 Å². The smallest absolute Gasteiger partial charge is 0.327 e. The van der Waals surface area contributed by atoms with Gasteiger partial charge in [0.05, 0.1) is 9.85 Å². The molecule has 0 saturated carbocycles. The van der Waals surface area contributed by atoms with E-state index < -0.39 is 35.2 Å². The minimum atomic E-state index is -4.66. The summed E-state index contributed by atoms with van der Waals surface area (Å²) in [6.07, 6.45) is 0. The van der Waals surface area contributed by atoms with E-state index in [0.717, 1.165) is 48.5 Å². The Labute approximate surface area is 152 Å². The van der Waals surface area contributed by atoms with Crippen LogP contribution in [0.2, 0.25) is 0 Å². The molecule has 14 heteroatoms. The molecule has 0 radical (unpaired) electrons. The molecule has 0 atom stereocenters. The first-order valence-electron chi connectivity index (χ1n) is 6.81. The van der Waals surface area contributed by atoms with Crippen LogP contribution in [0.5, 0.6) is 11.5 Å². The second kappa shape index (κ2) is 7.55. The summed E-state index contributed by atoms with van der Waals surface area (Å²) in [5.41, 5.74) is -0.622. The molecule has 2 aromatic rings. The van der Waals surface area contributed by atoms with E-state index in [-0.39, 0.29) is 22.9 Å². The lowest BCUT2D eigenvalue weighted by Crippen LogP contribution is -2.24. The molecule has 12 nitrogen and oxygen atoms in total. The van der Waals surface area contributed by atoms with Crippen LogP contribution in [0, 0.1) is 20.2 Å². The van der Waals surface area contributed by atoms with Gasteiger partial charge in [-0.1, -0.05) is 0 Å². The zero-order chi connectivity index (χ0) is 20.2. The van der Waals surface area contributed by atoms with Crippen molar-refractivity contribution in [2.75, 3.05) is 5.08 Å². The number of nitro benzene ring substituents is 2. The first kappa shape index (κ1) is 20.1. The quantitative estimate of drug-likeness (QED) is 0.348. The maximum atomic E-state index is 11.9. The van der Waals surface area contributed by atoms with Crippen molar-refractivity contribution in [3.63, 3.8) is 0 Å². The molecule has 0 bridgehead atoms. The normalized spacial score (nSPS) is 11.6. The SMILES string of the molecule is O=[N+]([O-])c1ccc(OS(=O)(=O)CS(=O)(=O)Oc2ccc([N+](=O)[O-])cc2)cc1. The number of hydrogen-bond donors (Lipinski definition) is 0. The van der Waals surface area contributed by atoms with Crippen molar-refractivity contribution in [2.45, 2.75) is 0 Å². The molecular formula is C13H10N2O10S2. The van der Waals surface area contributed by atoms with Gasteiger partial charge in [-0.25, -0.2) is 0 Å². The number of hydrogen-bond acceptors (Lipinski definition) is 10. The van der Waals surface area contributed by atoms with Crippen molar-refractivity contribution in [3.05, 3.63) is 68.8 Å². The molecule has 0 heterocycles. The molecular weight excluding hydrogens is 408 g/mol. The zero-order valence-corrected chi connectivity index (χ0v) is 14.8. The summed E-state index contributed by atoms with van der Waals surface area (Å²) in [5, 5.41) is 19.5. The maximum Gasteiger partial charge on any atom is 0.327 e. The van der Waals surface area contributed by atoms with Gasteiger partial charge in [-0.3, -0.25) is 20.2 Å². The molecule has 0 fully saturated rings. The third kappa shape index (κ3) is 5.89. The van der Waals surface area contributed by atoms with Gasteiger partial charge in [0.2, 0.25) is 5.08 Å². The van der Waals surface area contributed by atoms with E-state index in [1.54, 1.807) is 0 Å². The highest BCUT2D eigenvalue weighted by molar-refractivity contribution is 8.04. The first-order valence-corrected chi connectivity index (χ1v) is 9.96. The summed E-state index contributed by atoms with van der Waals surface area (Å²) in [5.74, 6) is -0.655. The van der Waals surface area contributed by atoms with E-state index in [2.05, 4.69) is 8.37 Å². The van der Waals surface area contributed by atoms with Crippen LogP contribution >= 0.6 is 0 Å². The van der Waals surface area contributed by atoms with Gasteiger partial charge in [0.1, 0.15) is 11.5 Å². The lowest BCUT2D eigenvalue weighted by Gasteiger charge is -2.09. The van der Waals surface area contributed by atoms with Gasteiger partial charge < -0.3 is 8.37 Å². The highest BCUT2D eigenvalue weighted by atomic mass is 32.3. The number of rotatable bonds is 8. The Balaban J connectivity index is 2.08. The Morgan fingerprint density at radius 1 is 0.667 bits per heavy atom. The number of nitro groups is 2. The Kier molecular flexibility index (Phi) is 5.61. The summed E-state index contributed by atoms with van der Waals surface area (Å²) in [4.78, 5) is 19.6. The molecule has 0 aliphatic rings. The topological polar surface area (TPSA) is 173 Å². The largest absolute Gasteiger partial charge is 0.382 e. The molecule has 0 N–H and O–H groups in total. The summed E-state index contributed by atoms with van der Waals surface area (Å²) in [6, 6.07) is 7.86. The molecule has 0 aliphatic heterocycles. The van der Waals surface area contributed by atoms with E-state index in [0.29, 0.717) is 0 Å². The second-order valence-electron chi connectivity index (χ2n) is 4.90. The van der Waals surface area contributed by atoms with Gasteiger partial charge in [-0.15, -0.1) is 0 Å². The van der Waals surface area contributed by atoms with Crippen molar-refractivity contribution in [3.8, 4) is 11.5 Å².